The van der Waals surface area contributed by atoms with Crippen molar-refractivity contribution in [3.05, 3.63) is 75.8 Å². The summed E-state index contributed by atoms with van der Waals surface area (Å²) in [6.45, 7) is 3.40. The van der Waals surface area contributed by atoms with Crippen molar-refractivity contribution in [2.45, 2.75) is 45.3 Å². The van der Waals surface area contributed by atoms with Crippen LogP contribution in [0, 0.1) is 6.92 Å². The Hall–Kier alpha value is -3.81. The summed E-state index contributed by atoms with van der Waals surface area (Å²) in [4.78, 5) is 56.7. The van der Waals surface area contributed by atoms with Gasteiger partial charge in [0.05, 0.1) is 10.9 Å². The summed E-state index contributed by atoms with van der Waals surface area (Å²) < 4.78 is 6.61. The van der Waals surface area contributed by atoms with Crippen molar-refractivity contribution in [2.75, 3.05) is 0 Å². The first kappa shape index (κ1) is 21.4. The Labute approximate surface area is 184 Å². The third-order valence-corrected chi connectivity index (χ3v) is 5.81. The fourth-order valence-corrected chi connectivity index (χ4v) is 4.20. The summed E-state index contributed by atoms with van der Waals surface area (Å²) in [5.41, 5.74) is -0.549. The number of imide groups is 1. The van der Waals surface area contributed by atoms with Gasteiger partial charge in [-0.2, -0.15) is 0 Å². The molecule has 2 aromatic carbocycles. The van der Waals surface area contributed by atoms with Crippen molar-refractivity contribution < 1.29 is 19.1 Å². The highest BCUT2D eigenvalue weighted by Crippen LogP contribution is 2.30. The molecule has 0 bridgehead atoms. The normalized spacial score (nSPS) is 18.4. The SMILES string of the molecule is CCc1cccc2nc(C)n([C@]3(C(=O)OCc4ccccc4)CCC(=O)NC3=O)c(=O)c12. The Morgan fingerprint density at radius 3 is 2.56 bits per heavy atom. The van der Waals surface area contributed by atoms with E-state index < -0.39 is 28.9 Å². The van der Waals surface area contributed by atoms with Crippen LogP contribution < -0.4 is 10.9 Å². The fraction of sp³-hybridized carbons (Fsp3) is 0.292. The molecule has 0 radical (unpaired) electrons. The van der Waals surface area contributed by atoms with Gasteiger partial charge in [-0.3, -0.25) is 24.3 Å². The van der Waals surface area contributed by atoms with E-state index in [1.165, 1.54) is 0 Å². The van der Waals surface area contributed by atoms with Gasteiger partial charge in [0, 0.05) is 6.42 Å². The Morgan fingerprint density at radius 1 is 1.12 bits per heavy atom. The van der Waals surface area contributed by atoms with E-state index >= 15 is 0 Å². The molecule has 1 atom stereocenters. The van der Waals surface area contributed by atoms with Gasteiger partial charge in [0.25, 0.3) is 11.5 Å². The van der Waals surface area contributed by atoms with Crippen LogP contribution >= 0.6 is 0 Å². The molecule has 0 aliphatic carbocycles. The lowest BCUT2D eigenvalue weighted by Gasteiger charge is -2.35. The highest BCUT2D eigenvalue weighted by molar-refractivity contribution is 6.13. The number of hydrogen-bond donors (Lipinski definition) is 1. The first-order valence-electron chi connectivity index (χ1n) is 10.5. The average molecular weight is 433 g/mol. The molecule has 0 unspecified atom stereocenters. The minimum Gasteiger partial charge on any atom is -0.459 e. The number of nitrogens with zero attached hydrogens (tertiary/aromatic N) is 2. The lowest BCUT2D eigenvalue weighted by Crippen LogP contribution is -2.62. The first-order chi connectivity index (χ1) is 15.4. The Kier molecular flexibility index (Phi) is 5.61. The molecular weight excluding hydrogens is 410 g/mol. The largest absolute Gasteiger partial charge is 0.459 e. The standard InChI is InChI=1S/C24H23N3O5/c1-3-17-10-7-11-18-20(17)21(29)27(15(2)25-18)24(13-12-19(28)26-22(24)30)23(31)32-14-16-8-5-4-6-9-16/h4-11H,3,12-14H2,1-2H3,(H,26,28,30)/t24-/m1/s1. The maximum Gasteiger partial charge on any atom is 0.342 e. The number of carbonyl (C=O) groups excluding carboxylic acids is 3. The molecule has 1 aliphatic rings. The summed E-state index contributed by atoms with van der Waals surface area (Å²) >= 11 is 0. The quantitative estimate of drug-likeness (QED) is 0.375. The van der Waals surface area contributed by atoms with Crippen molar-refractivity contribution in [3.8, 4) is 0 Å². The van der Waals surface area contributed by atoms with Crippen LogP contribution in [0.1, 0.15) is 36.7 Å². The lowest BCUT2D eigenvalue weighted by molar-refractivity contribution is -0.164. The summed E-state index contributed by atoms with van der Waals surface area (Å²) in [5, 5.41) is 2.56. The molecule has 164 valence electrons. The van der Waals surface area contributed by atoms with E-state index in [4.69, 9.17) is 4.74 Å². The third-order valence-electron chi connectivity index (χ3n) is 5.81. The Bertz CT molecular complexity index is 1280. The van der Waals surface area contributed by atoms with Crippen LogP contribution in [0.15, 0.2) is 53.3 Å². The Balaban J connectivity index is 1.89. The van der Waals surface area contributed by atoms with Crippen LogP contribution in [-0.2, 0) is 37.7 Å². The molecule has 4 rings (SSSR count). The first-order valence-corrected chi connectivity index (χ1v) is 10.5. The predicted molar refractivity (Wildman–Crippen MR) is 117 cm³/mol. The van der Waals surface area contributed by atoms with Gasteiger partial charge in [0.2, 0.25) is 11.4 Å². The molecular formula is C24H23N3O5. The molecule has 0 saturated carbocycles. The fourth-order valence-electron chi connectivity index (χ4n) is 4.20. The number of amides is 2. The number of benzene rings is 2. The second-order valence-corrected chi connectivity index (χ2v) is 7.76. The lowest BCUT2D eigenvalue weighted by atomic mass is 9.87. The van der Waals surface area contributed by atoms with E-state index in [0.717, 1.165) is 15.7 Å². The topological polar surface area (TPSA) is 107 Å². The van der Waals surface area contributed by atoms with Gasteiger partial charge in [0.15, 0.2) is 0 Å². The van der Waals surface area contributed by atoms with Gasteiger partial charge in [0.1, 0.15) is 12.4 Å². The van der Waals surface area contributed by atoms with E-state index in [0.29, 0.717) is 17.3 Å². The molecule has 8 heteroatoms. The van der Waals surface area contributed by atoms with Gasteiger partial charge in [-0.15, -0.1) is 0 Å². The van der Waals surface area contributed by atoms with Gasteiger partial charge in [-0.05, 0) is 37.0 Å². The number of ether oxygens (including phenoxy) is 1. The minimum absolute atomic E-state index is 0.0718. The van der Waals surface area contributed by atoms with E-state index in [2.05, 4.69) is 10.3 Å². The summed E-state index contributed by atoms with van der Waals surface area (Å²) in [6.07, 6.45) is 0.284. The molecule has 1 N–H and O–H groups in total. The molecule has 1 saturated heterocycles. The minimum atomic E-state index is -2.02. The number of nitrogens with one attached hydrogen (secondary N) is 1. The number of carbonyl (C=O) groups is 3. The maximum absolute atomic E-state index is 13.7. The molecule has 1 aliphatic heterocycles. The number of aryl methyl sites for hydroxylation is 2. The number of fused-ring (bicyclic) bond motifs is 1. The number of piperidine rings is 1. The van der Waals surface area contributed by atoms with Crippen LogP contribution in [0.2, 0.25) is 0 Å². The van der Waals surface area contributed by atoms with Crippen LogP contribution in [0.5, 0.6) is 0 Å². The van der Waals surface area contributed by atoms with Crippen molar-refractivity contribution in [1.29, 1.82) is 0 Å². The zero-order valence-corrected chi connectivity index (χ0v) is 17.9. The molecule has 2 heterocycles. The molecule has 32 heavy (non-hydrogen) atoms. The number of esters is 1. The van der Waals surface area contributed by atoms with Gasteiger partial charge < -0.3 is 4.74 Å². The second kappa shape index (κ2) is 8.37. The van der Waals surface area contributed by atoms with E-state index in [1.807, 2.05) is 25.1 Å². The van der Waals surface area contributed by atoms with Crippen LogP contribution in [0.25, 0.3) is 10.9 Å². The molecule has 0 spiro atoms. The monoisotopic (exact) mass is 433 g/mol. The smallest absolute Gasteiger partial charge is 0.342 e. The van der Waals surface area contributed by atoms with Gasteiger partial charge >= 0.3 is 5.97 Å². The van der Waals surface area contributed by atoms with Crippen molar-refractivity contribution in [1.82, 2.24) is 14.9 Å². The number of aromatic nitrogens is 2. The van der Waals surface area contributed by atoms with Crippen LogP contribution in [0.4, 0.5) is 0 Å². The average Bonchev–Trinajstić information content (AvgIpc) is 2.79. The molecule has 1 fully saturated rings. The third kappa shape index (κ3) is 3.47. The van der Waals surface area contributed by atoms with Gasteiger partial charge in [-0.1, -0.05) is 49.4 Å². The highest BCUT2D eigenvalue weighted by Gasteiger charge is 2.54. The predicted octanol–water partition coefficient (Wildman–Crippen LogP) is 2.14. The van der Waals surface area contributed by atoms with Crippen molar-refractivity contribution in [3.63, 3.8) is 0 Å². The summed E-state index contributed by atoms with van der Waals surface area (Å²) in [5.74, 6) is -2.09. The Morgan fingerprint density at radius 2 is 1.88 bits per heavy atom. The second-order valence-electron chi connectivity index (χ2n) is 7.76. The van der Waals surface area contributed by atoms with Crippen molar-refractivity contribution in [2.24, 2.45) is 0 Å². The molecule has 1 aromatic heterocycles. The number of rotatable bonds is 5. The molecule has 8 nitrogen and oxygen atoms in total. The maximum atomic E-state index is 13.7. The highest BCUT2D eigenvalue weighted by atomic mass is 16.5. The summed E-state index contributed by atoms with van der Waals surface area (Å²) in [7, 11) is 0. The van der Waals surface area contributed by atoms with E-state index in [9.17, 15) is 19.2 Å². The van der Waals surface area contributed by atoms with E-state index in [1.54, 1.807) is 37.3 Å². The number of hydrogen-bond acceptors (Lipinski definition) is 6. The summed E-state index contributed by atoms with van der Waals surface area (Å²) in [6, 6.07) is 14.4. The zero-order valence-electron chi connectivity index (χ0n) is 17.9. The van der Waals surface area contributed by atoms with Crippen molar-refractivity contribution >= 4 is 28.7 Å². The zero-order chi connectivity index (χ0) is 22.9. The van der Waals surface area contributed by atoms with E-state index in [-0.39, 0.29) is 25.3 Å². The molecule has 2 amide bonds. The molecule has 3 aromatic rings. The van der Waals surface area contributed by atoms with Gasteiger partial charge in [-0.25, -0.2) is 9.78 Å². The van der Waals surface area contributed by atoms with Crippen LogP contribution in [0.3, 0.4) is 0 Å². The van der Waals surface area contributed by atoms with Crippen LogP contribution in [-0.4, -0.2) is 27.3 Å².